The van der Waals surface area contributed by atoms with Gasteiger partial charge in [0.15, 0.2) is 6.29 Å². The van der Waals surface area contributed by atoms with Crippen LogP contribution in [-0.2, 0) is 17.6 Å². The molecule has 0 unspecified atom stereocenters. The Morgan fingerprint density at radius 2 is 1.50 bits per heavy atom. The number of hydrogen-bond acceptors (Lipinski definition) is 15. The molecule has 0 aliphatic rings. The highest BCUT2D eigenvalue weighted by molar-refractivity contribution is 7.15. The van der Waals surface area contributed by atoms with Crippen LogP contribution >= 0.6 is 56.7 Å². The number of hydrogen-bond donors (Lipinski definition) is 3. The van der Waals surface area contributed by atoms with Crippen LogP contribution < -0.4 is 16.4 Å². The van der Waals surface area contributed by atoms with Crippen LogP contribution in [0.15, 0.2) is 64.0 Å². The van der Waals surface area contributed by atoms with Gasteiger partial charge < -0.3 is 16.4 Å². The number of pyridine rings is 1. The Bertz CT molecular complexity index is 2480. The topological polar surface area (TPSA) is 196 Å². The second-order valence-electron chi connectivity index (χ2n) is 11.7. The van der Waals surface area contributed by atoms with Crippen LogP contribution in [0.4, 0.5) is 0 Å². The largest absolute Gasteiger partial charge is 0.364 e. The number of aryl methyl sites for hydroxylation is 3. The molecule has 7 aromatic rings. The molecular weight excluding hydrogens is 783 g/mol. The minimum absolute atomic E-state index is 0.0755. The lowest BCUT2D eigenvalue weighted by Crippen LogP contribution is -2.33. The van der Waals surface area contributed by atoms with Crippen molar-refractivity contribution in [3.8, 4) is 43.4 Å². The zero-order valence-electron chi connectivity index (χ0n) is 28.6. The van der Waals surface area contributed by atoms with E-state index in [0.29, 0.717) is 48.8 Å². The minimum atomic E-state index is -0.780. The molecule has 7 rings (SSSR count). The van der Waals surface area contributed by atoms with E-state index in [1.54, 1.807) is 35.1 Å². The lowest BCUT2D eigenvalue weighted by Gasteiger charge is -2.15. The quantitative estimate of drug-likeness (QED) is 0.100. The fraction of sp³-hybridized carbons (Fsp3) is 0.167. The first-order chi connectivity index (χ1) is 26.2. The third kappa shape index (κ3) is 8.22. The highest BCUT2D eigenvalue weighted by Gasteiger charge is 2.26. The molecule has 0 radical (unpaired) electrons. The maximum absolute atomic E-state index is 13.6. The SMILES string of the molecule is CNC(=O)C[C@H](NC(=O)c1csc(-c2ccc(-c3nc(C(N)=O)cs3)nc2-c2csc(-c3csc(CCc4ccccc4)n3)n2)n1)c1nc(C=O)c(C)s1. The summed E-state index contributed by atoms with van der Waals surface area (Å²) in [7, 11) is 1.51. The van der Waals surface area contributed by atoms with Crippen LogP contribution in [0, 0.1) is 6.92 Å². The fourth-order valence-corrected chi connectivity index (χ4v) is 9.45. The molecule has 0 fully saturated rings. The minimum Gasteiger partial charge on any atom is -0.364 e. The van der Waals surface area contributed by atoms with Gasteiger partial charge in [0, 0.05) is 45.4 Å². The van der Waals surface area contributed by atoms with Gasteiger partial charge in [0.1, 0.15) is 54.2 Å². The predicted octanol–water partition coefficient (Wildman–Crippen LogP) is 6.64. The second kappa shape index (κ2) is 16.3. The summed E-state index contributed by atoms with van der Waals surface area (Å²) < 4.78 is 0. The molecule has 54 heavy (non-hydrogen) atoms. The maximum atomic E-state index is 13.6. The van der Waals surface area contributed by atoms with Crippen LogP contribution in [0.25, 0.3) is 43.4 Å². The molecule has 0 bridgehead atoms. The highest BCUT2D eigenvalue weighted by atomic mass is 32.1. The zero-order valence-corrected chi connectivity index (χ0v) is 32.6. The third-order valence-electron chi connectivity index (χ3n) is 8.06. The molecule has 0 saturated heterocycles. The number of nitrogens with one attached hydrogen (secondary N) is 2. The van der Waals surface area contributed by atoms with Crippen molar-refractivity contribution in [1.82, 2.24) is 40.5 Å². The first-order valence-corrected chi connectivity index (χ1v) is 20.6. The molecule has 4 N–H and O–H groups in total. The van der Waals surface area contributed by atoms with E-state index in [1.807, 2.05) is 35.0 Å². The predicted molar refractivity (Wildman–Crippen MR) is 212 cm³/mol. The van der Waals surface area contributed by atoms with Gasteiger partial charge in [-0.15, -0.1) is 56.7 Å². The Labute approximate surface area is 328 Å². The number of primary amides is 1. The number of nitrogens with zero attached hydrogens (tertiary/aromatic N) is 6. The molecular formula is C36H29N9O4S5. The molecule has 6 aromatic heterocycles. The van der Waals surface area contributed by atoms with Gasteiger partial charge in [-0.3, -0.25) is 19.2 Å². The van der Waals surface area contributed by atoms with Gasteiger partial charge in [0.2, 0.25) is 5.91 Å². The van der Waals surface area contributed by atoms with Gasteiger partial charge in [0.05, 0.1) is 23.2 Å². The molecule has 0 aliphatic heterocycles. The summed E-state index contributed by atoms with van der Waals surface area (Å²) in [6.45, 7) is 1.76. The molecule has 0 spiro atoms. The van der Waals surface area contributed by atoms with E-state index in [4.69, 9.17) is 20.7 Å². The summed E-state index contributed by atoms with van der Waals surface area (Å²) in [5, 5.41) is 15.8. The second-order valence-corrected chi connectivity index (χ2v) is 16.4. The fourth-order valence-electron chi connectivity index (χ4n) is 5.28. The number of carbonyl (C=O) groups is 4. The molecule has 1 aromatic carbocycles. The summed E-state index contributed by atoms with van der Waals surface area (Å²) in [4.78, 5) is 78.0. The molecule has 13 nitrogen and oxygen atoms in total. The van der Waals surface area contributed by atoms with E-state index in [0.717, 1.165) is 28.6 Å². The van der Waals surface area contributed by atoms with E-state index in [9.17, 15) is 19.2 Å². The Hall–Kier alpha value is -5.40. The van der Waals surface area contributed by atoms with Crippen molar-refractivity contribution in [3.63, 3.8) is 0 Å². The standard InChI is InChI=1S/C36H29N9O4S5/c1-18-23(13-46)42-36(54-18)22(12-28(47)38-2)41-32(49)26-16-51-33(45-26)20-9-10-21(34-44-25(15-53-34)31(37)48)40-30(20)24-14-52-35(43-24)27-17-50-29(39-27)11-8-19-6-4-3-5-7-19/h3-7,9-10,13-17,22H,8,11-12H2,1-2H3,(H2,37,48)(H,38,47)(H,41,49)/t22-/m0/s1. The van der Waals surface area contributed by atoms with Gasteiger partial charge in [-0.25, -0.2) is 29.9 Å². The number of carbonyl (C=O) groups excluding carboxylic acids is 4. The number of rotatable bonds is 14. The number of aromatic nitrogens is 6. The van der Waals surface area contributed by atoms with Crippen LogP contribution in [0.5, 0.6) is 0 Å². The Morgan fingerprint density at radius 1 is 0.778 bits per heavy atom. The van der Waals surface area contributed by atoms with Crippen LogP contribution in [0.2, 0.25) is 0 Å². The number of thiazole rings is 5. The highest BCUT2D eigenvalue weighted by Crippen LogP contribution is 2.38. The Morgan fingerprint density at radius 3 is 2.24 bits per heavy atom. The van der Waals surface area contributed by atoms with Crippen molar-refractivity contribution in [1.29, 1.82) is 0 Å². The van der Waals surface area contributed by atoms with Crippen LogP contribution in [-0.4, -0.2) is 61.0 Å². The Kier molecular flexibility index (Phi) is 11.2. The molecule has 0 saturated carbocycles. The summed E-state index contributed by atoms with van der Waals surface area (Å²) in [6.07, 6.45) is 2.28. The molecule has 1 atom stereocenters. The molecule has 0 aliphatic carbocycles. The number of benzene rings is 1. The van der Waals surface area contributed by atoms with Gasteiger partial charge in [-0.05, 0) is 31.0 Å². The molecule has 3 amide bonds. The normalized spacial score (nSPS) is 11.7. The molecule has 6 heterocycles. The first-order valence-electron chi connectivity index (χ1n) is 16.3. The average molecular weight is 812 g/mol. The first kappa shape index (κ1) is 36.9. The van der Waals surface area contributed by atoms with Crippen molar-refractivity contribution >= 4 is 80.7 Å². The van der Waals surface area contributed by atoms with E-state index in [1.165, 1.54) is 58.0 Å². The average Bonchev–Trinajstić information content (AvgIpc) is 4.03. The van der Waals surface area contributed by atoms with Gasteiger partial charge in [0.25, 0.3) is 11.8 Å². The van der Waals surface area contributed by atoms with Crippen molar-refractivity contribution in [2.45, 2.75) is 32.2 Å². The summed E-state index contributed by atoms with van der Waals surface area (Å²) >= 11 is 6.78. The zero-order chi connectivity index (χ0) is 37.8. The number of aldehydes is 1. The summed E-state index contributed by atoms with van der Waals surface area (Å²) in [6, 6.07) is 13.1. The van der Waals surface area contributed by atoms with E-state index in [-0.39, 0.29) is 29.4 Å². The monoisotopic (exact) mass is 811 g/mol. The lowest BCUT2D eigenvalue weighted by molar-refractivity contribution is -0.121. The smallest absolute Gasteiger partial charge is 0.271 e. The van der Waals surface area contributed by atoms with Crippen molar-refractivity contribution < 1.29 is 19.2 Å². The maximum Gasteiger partial charge on any atom is 0.271 e. The summed E-state index contributed by atoms with van der Waals surface area (Å²) in [5.41, 5.74) is 10.2. The van der Waals surface area contributed by atoms with E-state index >= 15 is 0 Å². The van der Waals surface area contributed by atoms with Crippen molar-refractivity contribution in [2.24, 2.45) is 5.73 Å². The van der Waals surface area contributed by atoms with Crippen molar-refractivity contribution in [3.05, 3.63) is 102 Å². The van der Waals surface area contributed by atoms with Crippen LogP contribution in [0.3, 0.4) is 0 Å². The van der Waals surface area contributed by atoms with Gasteiger partial charge >= 0.3 is 0 Å². The van der Waals surface area contributed by atoms with Crippen molar-refractivity contribution in [2.75, 3.05) is 7.05 Å². The third-order valence-corrected chi connectivity index (χ3v) is 12.7. The van der Waals surface area contributed by atoms with Gasteiger partial charge in [-0.1, -0.05) is 30.3 Å². The summed E-state index contributed by atoms with van der Waals surface area (Å²) in [5.74, 6) is -1.45. The Balaban J connectivity index is 1.19. The van der Waals surface area contributed by atoms with E-state index in [2.05, 4.69) is 37.7 Å². The van der Waals surface area contributed by atoms with E-state index < -0.39 is 17.9 Å². The number of amides is 3. The number of nitrogens with two attached hydrogens (primary N) is 1. The lowest BCUT2D eigenvalue weighted by atomic mass is 10.1. The van der Waals surface area contributed by atoms with Crippen LogP contribution in [0.1, 0.15) is 64.4 Å². The molecule has 18 heteroatoms. The van der Waals surface area contributed by atoms with Gasteiger partial charge in [-0.2, -0.15) is 0 Å². The molecule has 272 valence electrons.